The van der Waals surface area contributed by atoms with E-state index in [0.29, 0.717) is 5.16 Å². The molecule has 6 heteroatoms. The molecule has 0 saturated carbocycles. The number of thiol groups is 1. The van der Waals surface area contributed by atoms with Crippen LogP contribution in [0.5, 0.6) is 0 Å². The monoisotopic (exact) mass is 140 g/mol. The van der Waals surface area contributed by atoms with E-state index in [4.69, 9.17) is 0 Å². The fourth-order valence-corrected chi connectivity index (χ4v) is 0.305. The quantitative estimate of drug-likeness (QED) is 0.365. The molecule has 1 heterocycles. The molecule has 0 fully saturated rings. The molecule has 1 aromatic heterocycles. The Morgan fingerprint density at radius 2 is 2.25 bits per heavy atom. The summed E-state index contributed by atoms with van der Waals surface area (Å²) in [4.78, 5) is 0. The van der Waals surface area contributed by atoms with E-state index in [0.717, 1.165) is 0 Å². The van der Waals surface area contributed by atoms with E-state index in [1.54, 1.807) is 7.05 Å². The third-order valence-electron chi connectivity index (χ3n) is 0.598. The molecule has 0 saturated heterocycles. The van der Waals surface area contributed by atoms with Gasteiger partial charge in [0.25, 0.3) is 0 Å². The third kappa shape index (κ3) is 1.74. The van der Waals surface area contributed by atoms with E-state index in [1.165, 1.54) is 4.68 Å². The molecule has 0 atom stereocenters. The van der Waals surface area contributed by atoms with Crippen LogP contribution in [0.15, 0.2) is 5.16 Å². The zero-order valence-electron chi connectivity index (χ0n) is 3.74. The first-order valence-corrected chi connectivity index (χ1v) is 2.17. The second-order valence-corrected chi connectivity index (χ2v) is 1.50. The molecule has 1 rings (SSSR count). The molecule has 40 valence electrons. The number of rotatable bonds is 0. The van der Waals surface area contributed by atoms with Crippen LogP contribution in [0, 0.1) is 0 Å². The van der Waals surface area contributed by atoms with Gasteiger partial charge in [0.15, 0.2) is 0 Å². The van der Waals surface area contributed by atoms with Crippen LogP contribution in [-0.4, -0.2) is 49.8 Å². The normalized spacial score (nSPS) is 8.25. The first-order valence-electron chi connectivity index (χ1n) is 1.72. The minimum absolute atomic E-state index is 0. The first-order chi connectivity index (χ1) is 3.30. The summed E-state index contributed by atoms with van der Waals surface area (Å²) >= 11 is 3.88. The summed E-state index contributed by atoms with van der Waals surface area (Å²) < 4.78 is 1.48. The molecule has 0 radical (unpaired) electrons. The van der Waals surface area contributed by atoms with Crippen molar-refractivity contribution in [1.29, 1.82) is 0 Å². The van der Waals surface area contributed by atoms with Crippen molar-refractivity contribution >= 4 is 42.2 Å². The van der Waals surface area contributed by atoms with Crippen molar-refractivity contribution in [2.24, 2.45) is 7.05 Å². The number of aryl methyl sites for hydroxylation is 1. The molecule has 0 aliphatic rings. The van der Waals surface area contributed by atoms with Gasteiger partial charge in [0.1, 0.15) is 0 Å². The van der Waals surface area contributed by atoms with Crippen LogP contribution < -0.4 is 0 Å². The number of tetrazole rings is 1. The number of hydrogen-bond acceptors (Lipinski definition) is 4. The maximum atomic E-state index is 3.88. The topological polar surface area (TPSA) is 43.6 Å². The Hall–Kier alpha value is 0.420. The fourth-order valence-electron chi connectivity index (χ4n) is 0.225. The van der Waals surface area contributed by atoms with Crippen LogP contribution in [0.25, 0.3) is 0 Å². The van der Waals surface area contributed by atoms with Crippen LogP contribution >= 0.6 is 12.6 Å². The third-order valence-corrected chi connectivity index (χ3v) is 0.977. The van der Waals surface area contributed by atoms with Crippen LogP contribution in [0.4, 0.5) is 0 Å². The van der Waals surface area contributed by atoms with E-state index in [-0.39, 0.29) is 29.6 Å². The van der Waals surface area contributed by atoms with Gasteiger partial charge in [-0.25, -0.2) is 4.68 Å². The van der Waals surface area contributed by atoms with Gasteiger partial charge in [-0.2, -0.15) is 0 Å². The van der Waals surface area contributed by atoms with Crippen molar-refractivity contribution in [3.8, 4) is 0 Å². The van der Waals surface area contributed by atoms with Gasteiger partial charge in [-0.1, -0.05) is 0 Å². The molecule has 0 spiro atoms. The van der Waals surface area contributed by atoms with E-state index in [2.05, 4.69) is 28.2 Å². The average Bonchev–Trinajstić information content (AvgIpc) is 1.91. The van der Waals surface area contributed by atoms with Crippen molar-refractivity contribution in [2.45, 2.75) is 5.16 Å². The van der Waals surface area contributed by atoms with Crippen LogP contribution in [0.1, 0.15) is 0 Å². The Morgan fingerprint density at radius 3 is 2.38 bits per heavy atom. The molecular formula is C2H5N4NaS. The molecular weight excluding hydrogens is 135 g/mol. The van der Waals surface area contributed by atoms with Crippen LogP contribution in [0.2, 0.25) is 0 Å². The summed E-state index contributed by atoms with van der Waals surface area (Å²) in [6, 6.07) is 0. The number of nitrogens with zero attached hydrogens (tertiary/aromatic N) is 4. The predicted molar refractivity (Wildman–Crippen MR) is 33.2 cm³/mol. The predicted octanol–water partition coefficient (Wildman–Crippen LogP) is -1.15. The SMILES string of the molecule is Cn1nnnc1S.[NaH]. The van der Waals surface area contributed by atoms with Gasteiger partial charge in [-0.15, -0.1) is 17.7 Å². The Bertz CT molecular complexity index is 146. The molecule has 0 aromatic carbocycles. The molecule has 0 aliphatic heterocycles. The molecule has 0 amide bonds. The van der Waals surface area contributed by atoms with Crippen molar-refractivity contribution < 1.29 is 0 Å². The average molecular weight is 140 g/mol. The van der Waals surface area contributed by atoms with Gasteiger partial charge in [-0.3, -0.25) is 0 Å². The molecule has 8 heavy (non-hydrogen) atoms. The molecule has 0 unspecified atom stereocenters. The summed E-state index contributed by atoms with van der Waals surface area (Å²) in [7, 11) is 1.72. The van der Waals surface area contributed by atoms with E-state index in [9.17, 15) is 0 Å². The standard InChI is InChI=1S/C2H4N4S.Na.H/c1-6-2(7)3-4-5-6;;/h1H3,(H,3,5,7);;. The molecule has 0 aliphatic carbocycles. The van der Waals surface area contributed by atoms with Crippen LogP contribution in [0.3, 0.4) is 0 Å². The number of aromatic nitrogens is 4. The fraction of sp³-hybridized carbons (Fsp3) is 0.500. The molecule has 4 nitrogen and oxygen atoms in total. The van der Waals surface area contributed by atoms with E-state index in [1.807, 2.05) is 0 Å². The van der Waals surface area contributed by atoms with Crippen molar-refractivity contribution in [3.63, 3.8) is 0 Å². The van der Waals surface area contributed by atoms with Gasteiger partial charge in [0, 0.05) is 7.05 Å². The van der Waals surface area contributed by atoms with E-state index < -0.39 is 0 Å². The Labute approximate surface area is 74.3 Å². The Morgan fingerprint density at radius 1 is 1.62 bits per heavy atom. The zero-order chi connectivity index (χ0) is 5.28. The Balaban J connectivity index is 0.000000490. The molecule has 1 aromatic rings. The maximum absolute atomic E-state index is 3.88. The minimum atomic E-state index is 0. The van der Waals surface area contributed by atoms with Crippen molar-refractivity contribution in [2.75, 3.05) is 0 Å². The van der Waals surface area contributed by atoms with Gasteiger partial charge in [0.05, 0.1) is 0 Å². The number of hydrogen-bond donors (Lipinski definition) is 1. The molecule has 0 N–H and O–H groups in total. The first kappa shape index (κ1) is 8.42. The summed E-state index contributed by atoms with van der Waals surface area (Å²) in [6.07, 6.45) is 0. The second kappa shape index (κ2) is 3.45. The van der Waals surface area contributed by atoms with Gasteiger partial charge in [-0.05, 0) is 10.4 Å². The van der Waals surface area contributed by atoms with Gasteiger partial charge in [0.2, 0.25) is 5.16 Å². The zero-order valence-corrected chi connectivity index (χ0v) is 4.63. The Kier molecular flexibility index (Phi) is 3.63. The summed E-state index contributed by atoms with van der Waals surface area (Å²) in [5, 5.41) is 10.8. The summed E-state index contributed by atoms with van der Waals surface area (Å²) in [5.41, 5.74) is 0. The summed E-state index contributed by atoms with van der Waals surface area (Å²) in [6.45, 7) is 0. The van der Waals surface area contributed by atoms with Crippen molar-refractivity contribution in [3.05, 3.63) is 0 Å². The van der Waals surface area contributed by atoms with Crippen LogP contribution in [-0.2, 0) is 7.05 Å². The van der Waals surface area contributed by atoms with Crippen molar-refractivity contribution in [1.82, 2.24) is 20.2 Å². The van der Waals surface area contributed by atoms with Gasteiger partial charge < -0.3 is 0 Å². The summed E-state index contributed by atoms with van der Waals surface area (Å²) in [5.74, 6) is 0. The van der Waals surface area contributed by atoms with E-state index >= 15 is 0 Å². The van der Waals surface area contributed by atoms with Gasteiger partial charge >= 0.3 is 29.6 Å². The second-order valence-electron chi connectivity index (χ2n) is 1.10. The molecule has 0 bridgehead atoms.